The number of rotatable bonds is 11. The molecule has 3 aromatic rings. The number of carbonyl (C=O) groups is 1. The third-order valence-electron chi connectivity index (χ3n) is 6.44. The normalized spacial score (nSPS) is 16.5. The van der Waals surface area contributed by atoms with E-state index in [0.717, 1.165) is 37.2 Å². The summed E-state index contributed by atoms with van der Waals surface area (Å²) in [6.07, 6.45) is 7.83. The van der Waals surface area contributed by atoms with Gasteiger partial charge in [-0.05, 0) is 95.5 Å². The van der Waals surface area contributed by atoms with Gasteiger partial charge in [-0.2, -0.15) is 11.3 Å². The predicted molar refractivity (Wildman–Crippen MR) is 134 cm³/mol. The molecule has 1 aromatic heterocycles. The zero-order valence-electron chi connectivity index (χ0n) is 19.3. The van der Waals surface area contributed by atoms with Crippen molar-refractivity contribution in [3.8, 4) is 11.5 Å². The van der Waals surface area contributed by atoms with E-state index in [9.17, 15) is 4.79 Å². The summed E-state index contributed by atoms with van der Waals surface area (Å²) in [5.74, 6) is 1.89. The lowest BCUT2D eigenvalue weighted by Crippen LogP contribution is -2.22. The van der Waals surface area contributed by atoms with Crippen molar-refractivity contribution in [3.63, 3.8) is 0 Å². The first-order chi connectivity index (χ1) is 16.2. The lowest BCUT2D eigenvalue weighted by molar-refractivity contribution is -0.116. The monoisotopic (exact) mass is 461 g/mol. The Labute approximate surface area is 200 Å². The van der Waals surface area contributed by atoms with E-state index in [0.29, 0.717) is 6.54 Å². The average molecular weight is 462 g/mol. The highest BCUT2D eigenvalue weighted by Gasteiger charge is 2.55. The summed E-state index contributed by atoms with van der Waals surface area (Å²) >= 11 is 1.73. The molecule has 1 amide bonds. The lowest BCUT2D eigenvalue weighted by atomic mass is 9.85. The molecular formula is C28H31NO3S. The number of methoxy groups -OCH3 is 2. The molecule has 4 rings (SSSR count). The van der Waals surface area contributed by atoms with Gasteiger partial charge in [-0.15, -0.1) is 0 Å². The number of amides is 1. The first-order valence-corrected chi connectivity index (χ1v) is 12.4. The molecule has 0 aliphatic heterocycles. The van der Waals surface area contributed by atoms with E-state index in [1.165, 1.54) is 16.7 Å². The Kier molecular flexibility index (Phi) is 7.50. The summed E-state index contributed by atoms with van der Waals surface area (Å²) < 4.78 is 10.9. The number of allylic oxidation sites excluding steroid dienone is 1. The van der Waals surface area contributed by atoms with Crippen LogP contribution in [0.2, 0.25) is 0 Å². The summed E-state index contributed by atoms with van der Waals surface area (Å²) in [5.41, 5.74) is 3.59. The van der Waals surface area contributed by atoms with Crippen LogP contribution >= 0.6 is 11.3 Å². The fourth-order valence-electron chi connectivity index (χ4n) is 4.51. The second kappa shape index (κ2) is 10.7. The van der Waals surface area contributed by atoms with E-state index in [-0.39, 0.29) is 17.2 Å². The van der Waals surface area contributed by atoms with Crippen LogP contribution in [-0.4, -0.2) is 26.7 Å². The van der Waals surface area contributed by atoms with Crippen LogP contribution in [0.15, 0.2) is 77.5 Å². The van der Waals surface area contributed by atoms with Crippen molar-refractivity contribution in [1.29, 1.82) is 0 Å². The molecule has 1 atom stereocenters. The van der Waals surface area contributed by atoms with Crippen LogP contribution in [0.1, 0.15) is 36.0 Å². The number of carbonyl (C=O) groups excluding carboxylic acids is 1. The third-order valence-corrected chi connectivity index (χ3v) is 7.17. The number of aryl methyl sites for hydroxylation is 1. The number of benzene rings is 2. The number of hydrogen-bond acceptors (Lipinski definition) is 4. The number of nitrogens with one attached hydrogen (secondary N) is 1. The zero-order valence-corrected chi connectivity index (χ0v) is 20.1. The molecule has 0 bridgehead atoms. The number of thiophene rings is 1. The fourth-order valence-corrected chi connectivity index (χ4v) is 5.22. The topological polar surface area (TPSA) is 47.6 Å². The van der Waals surface area contributed by atoms with Gasteiger partial charge in [-0.1, -0.05) is 30.3 Å². The lowest BCUT2D eigenvalue weighted by Gasteiger charge is -2.20. The Morgan fingerprint density at radius 2 is 1.76 bits per heavy atom. The van der Waals surface area contributed by atoms with E-state index in [1.807, 2.05) is 24.3 Å². The minimum absolute atomic E-state index is 0.0254. The predicted octanol–water partition coefficient (Wildman–Crippen LogP) is 5.77. The Hall–Kier alpha value is -3.05. The molecule has 0 radical (unpaired) electrons. The Bertz CT molecular complexity index is 1040. The van der Waals surface area contributed by atoms with Gasteiger partial charge in [0.1, 0.15) is 11.5 Å². The fraction of sp³-hybridized carbons (Fsp3) is 0.321. The van der Waals surface area contributed by atoms with Gasteiger partial charge in [0.05, 0.1) is 14.2 Å². The number of hydrogen-bond donors (Lipinski definition) is 1. The molecule has 172 valence electrons. The minimum atomic E-state index is -0.180. The number of ether oxygens (including phenoxy) is 2. The molecule has 5 heteroatoms. The van der Waals surface area contributed by atoms with Gasteiger partial charge >= 0.3 is 0 Å². The molecule has 1 aliphatic rings. The van der Waals surface area contributed by atoms with Crippen molar-refractivity contribution >= 4 is 17.2 Å². The van der Waals surface area contributed by atoms with Crippen molar-refractivity contribution in [1.82, 2.24) is 5.32 Å². The highest BCUT2D eigenvalue weighted by molar-refractivity contribution is 7.07. The Balaban J connectivity index is 1.40. The molecule has 0 saturated heterocycles. The van der Waals surface area contributed by atoms with Gasteiger partial charge in [-0.3, -0.25) is 4.79 Å². The summed E-state index contributed by atoms with van der Waals surface area (Å²) in [6, 6.07) is 18.6. The van der Waals surface area contributed by atoms with E-state index >= 15 is 0 Å². The molecule has 4 nitrogen and oxygen atoms in total. The molecule has 1 aliphatic carbocycles. The van der Waals surface area contributed by atoms with Gasteiger partial charge in [0.25, 0.3) is 0 Å². The van der Waals surface area contributed by atoms with Gasteiger partial charge in [-0.25, -0.2) is 0 Å². The largest absolute Gasteiger partial charge is 0.497 e. The molecule has 1 fully saturated rings. The maximum Gasteiger partial charge on any atom is 0.243 e. The van der Waals surface area contributed by atoms with Crippen molar-refractivity contribution < 1.29 is 14.3 Å². The van der Waals surface area contributed by atoms with Gasteiger partial charge in [0.2, 0.25) is 5.91 Å². The summed E-state index contributed by atoms with van der Waals surface area (Å²) in [7, 11) is 3.37. The van der Waals surface area contributed by atoms with E-state index in [4.69, 9.17) is 9.47 Å². The third kappa shape index (κ3) is 5.48. The average Bonchev–Trinajstić information content (AvgIpc) is 3.37. The minimum Gasteiger partial charge on any atom is -0.497 e. The SMILES string of the molecule is COc1cccc(C2(c3cccc(OC)c3)C[C@H]2/C=C/C(=O)NCCCCc2ccsc2)c1. The Morgan fingerprint density at radius 3 is 2.36 bits per heavy atom. The summed E-state index contributed by atoms with van der Waals surface area (Å²) in [6.45, 7) is 0.703. The van der Waals surface area contributed by atoms with Gasteiger partial charge in [0, 0.05) is 12.0 Å². The van der Waals surface area contributed by atoms with E-state index < -0.39 is 0 Å². The van der Waals surface area contributed by atoms with Gasteiger partial charge in [0.15, 0.2) is 0 Å². The molecule has 1 N–H and O–H groups in total. The van der Waals surface area contributed by atoms with Crippen LogP contribution in [0.5, 0.6) is 11.5 Å². The molecule has 1 heterocycles. The van der Waals surface area contributed by atoms with Crippen LogP contribution in [0.3, 0.4) is 0 Å². The van der Waals surface area contributed by atoms with Crippen LogP contribution in [-0.2, 0) is 16.6 Å². The van der Waals surface area contributed by atoms with Crippen LogP contribution < -0.4 is 14.8 Å². The van der Waals surface area contributed by atoms with Crippen LogP contribution in [0.4, 0.5) is 0 Å². The van der Waals surface area contributed by atoms with Crippen LogP contribution in [0, 0.1) is 5.92 Å². The van der Waals surface area contributed by atoms with Crippen LogP contribution in [0.25, 0.3) is 0 Å². The first-order valence-electron chi connectivity index (χ1n) is 11.4. The van der Waals surface area contributed by atoms with E-state index in [2.05, 4.69) is 52.5 Å². The smallest absolute Gasteiger partial charge is 0.243 e. The van der Waals surface area contributed by atoms with Crippen molar-refractivity contribution in [2.45, 2.75) is 31.1 Å². The highest BCUT2D eigenvalue weighted by atomic mass is 32.1. The second-order valence-corrected chi connectivity index (χ2v) is 9.26. The van der Waals surface area contributed by atoms with Crippen molar-refractivity contribution in [2.24, 2.45) is 5.92 Å². The standard InChI is InChI=1S/C28H31NO3S/c1-31-25-10-5-8-22(17-25)28(23-9-6-11-26(18-23)32-2)19-24(28)12-13-27(30)29-15-4-3-7-21-14-16-33-20-21/h5-6,8-14,16-18,20,24H,3-4,7,15,19H2,1-2H3,(H,29,30)/b13-12+/t24-/m1/s1. The molecular weight excluding hydrogens is 430 g/mol. The van der Waals surface area contributed by atoms with Crippen molar-refractivity contribution in [3.05, 3.63) is 94.2 Å². The maximum atomic E-state index is 12.4. The summed E-state index contributed by atoms with van der Waals surface area (Å²) in [5, 5.41) is 7.32. The molecule has 33 heavy (non-hydrogen) atoms. The second-order valence-electron chi connectivity index (χ2n) is 8.48. The highest BCUT2D eigenvalue weighted by Crippen LogP contribution is 2.60. The zero-order chi connectivity index (χ0) is 23.1. The Morgan fingerprint density at radius 1 is 1.06 bits per heavy atom. The number of unbranched alkanes of at least 4 members (excludes halogenated alkanes) is 1. The van der Waals surface area contributed by atoms with E-state index in [1.54, 1.807) is 31.6 Å². The molecule has 0 spiro atoms. The van der Waals surface area contributed by atoms with Crippen molar-refractivity contribution in [2.75, 3.05) is 20.8 Å². The molecule has 2 aromatic carbocycles. The van der Waals surface area contributed by atoms with Gasteiger partial charge < -0.3 is 14.8 Å². The molecule has 0 unspecified atom stereocenters. The molecule has 1 saturated carbocycles. The first kappa shape index (κ1) is 23.1. The quantitative estimate of drug-likeness (QED) is 0.291. The maximum absolute atomic E-state index is 12.4. The summed E-state index contributed by atoms with van der Waals surface area (Å²) in [4.78, 5) is 12.4.